The van der Waals surface area contributed by atoms with Crippen molar-refractivity contribution in [1.29, 1.82) is 5.26 Å². The third-order valence-electron chi connectivity index (χ3n) is 6.14. The number of thiocarbonyl (C=S) groups is 1. The maximum atomic E-state index is 13.5. The van der Waals surface area contributed by atoms with Crippen LogP contribution in [-0.2, 0) is 17.5 Å². The zero-order chi connectivity index (χ0) is 24.1. The average Bonchev–Trinajstić information content (AvgIpc) is 2.93. The third kappa shape index (κ3) is 3.60. The zero-order valence-corrected chi connectivity index (χ0v) is 18.3. The number of halogens is 3. The van der Waals surface area contributed by atoms with Crippen LogP contribution in [0.5, 0.6) is 0 Å². The predicted octanol–water partition coefficient (Wildman–Crippen LogP) is 3.44. The van der Waals surface area contributed by atoms with E-state index in [1.54, 1.807) is 17.9 Å². The maximum Gasteiger partial charge on any atom is 0.417 e. The highest BCUT2D eigenvalue weighted by molar-refractivity contribution is 7.80. The van der Waals surface area contributed by atoms with Crippen molar-refractivity contribution in [2.45, 2.75) is 44.4 Å². The van der Waals surface area contributed by atoms with Crippen LogP contribution in [0.3, 0.4) is 0 Å². The van der Waals surface area contributed by atoms with Crippen LogP contribution in [0.2, 0.25) is 0 Å². The lowest BCUT2D eigenvalue weighted by Gasteiger charge is -2.43. The minimum atomic E-state index is -4.77. The number of carbonyl (C=O) groups excluding carboxylic acids is 2. The summed E-state index contributed by atoms with van der Waals surface area (Å²) >= 11 is 5.59. The largest absolute Gasteiger partial charge is 0.417 e. The fourth-order valence-electron chi connectivity index (χ4n) is 4.28. The molecule has 2 fully saturated rings. The predicted molar refractivity (Wildman–Crippen MR) is 116 cm³/mol. The molecule has 1 spiro atoms. The first-order valence-corrected chi connectivity index (χ1v) is 10.4. The van der Waals surface area contributed by atoms with Gasteiger partial charge in [0.1, 0.15) is 17.3 Å². The molecule has 7 nitrogen and oxygen atoms in total. The molecular weight excluding hydrogens is 455 g/mol. The Kier molecular flexibility index (Phi) is 5.36. The Balaban J connectivity index is 1.72. The molecule has 2 aliphatic rings. The second kappa shape index (κ2) is 7.81. The normalized spacial score (nSPS) is 17.3. The number of alkyl halides is 3. The van der Waals surface area contributed by atoms with Gasteiger partial charge >= 0.3 is 6.18 Å². The zero-order valence-electron chi connectivity index (χ0n) is 17.4. The van der Waals surface area contributed by atoms with Gasteiger partial charge in [-0.25, -0.2) is 4.98 Å². The molecule has 2 aromatic rings. The Morgan fingerprint density at radius 2 is 2.03 bits per heavy atom. The van der Waals surface area contributed by atoms with Crippen LogP contribution in [0.25, 0.3) is 0 Å². The standard InChI is InChI=1S/C22H18F3N5O2S/c1-12-7-14(10-28-17(12)9-26)30-19(32)21(5-2-6-21)29(20(30)33)11-13-3-4-15(18(27)31)16(8-13)22(23,24)25/h3-4,7-8,10H,2,5-6,11H2,1H3,(H2,27,31). The number of nitrogens with two attached hydrogens (primary N) is 1. The number of aromatic nitrogens is 1. The Hall–Kier alpha value is -3.52. The minimum Gasteiger partial charge on any atom is -0.366 e. The van der Waals surface area contributed by atoms with Gasteiger partial charge < -0.3 is 10.6 Å². The maximum absolute atomic E-state index is 13.5. The number of primary amides is 1. The van der Waals surface area contributed by atoms with Gasteiger partial charge in [0.15, 0.2) is 5.11 Å². The second-order valence-corrected chi connectivity index (χ2v) is 8.47. The summed E-state index contributed by atoms with van der Waals surface area (Å²) in [6, 6.07) is 6.89. The van der Waals surface area contributed by atoms with E-state index in [9.17, 15) is 22.8 Å². The van der Waals surface area contributed by atoms with Crippen molar-refractivity contribution in [2.24, 2.45) is 5.73 Å². The monoisotopic (exact) mass is 473 g/mol. The molecule has 2 heterocycles. The van der Waals surface area contributed by atoms with E-state index < -0.39 is 28.7 Å². The summed E-state index contributed by atoms with van der Waals surface area (Å²) in [5.74, 6) is -1.44. The summed E-state index contributed by atoms with van der Waals surface area (Å²) in [5.41, 5.74) is 3.85. The van der Waals surface area contributed by atoms with Gasteiger partial charge in [-0.15, -0.1) is 0 Å². The summed E-state index contributed by atoms with van der Waals surface area (Å²) in [4.78, 5) is 31.9. The summed E-state index contributed by atoms with van der Waals surface area (Å²) in [6.07, 6.45) is -1.59. The number of hydrogen-bond donors (Lipinski definition) is 1. The molecule has 11 heteroatoms. The lowest BCUT2D eigenvalue weighted by Crippen LogP contribution is -2.54. The van der Waals surface area contributed by atoms with Crippen molar-refractivity contribution in [2.75, 3.05) is 4.90 Å². The molecule has 2 N–H and O–H groups in total. The number of hydrogen-bond acceptors (Lipinski definition) is 5. The topological polar surface area (TPSA) is 103 Å². The number of aryl methyl sites for hydroxylation is 1. The van der Waals surface area contributed by atoms with Gasteiger partial charge in [0.05, 0.1) is 23.0 Å². The molecule has 1 aromatic heterocycles. The number of nitriles is 1. The highest BCUT2D eigenvalue weighted by Crippen LogP contribution is 2.46. The first-order valence-electron chi connectivity index (χ1n) is 10.0. The van der Waals surface area contributed by atoms with E-state index in [0.29, 0.717) is 24.1 Å². The fourth-order valence-corrected chi connectivity index (χ4v) is 4.70. The third-order valence-corrected chi connectivity index (χ3v) is 6.55. The highest BCUT2D eigenvalue weighted by Gasteiger charge is 2.59. The quantitative estimate of drug-likeness (QED) is 0.683. The van der Waals surface area contributed by atoms with Crippen LogP contribution in [0, 0.1) is 18.3 Å². The second-order valence-electron chi connectivity index (χ2n) is 8.11. The van der Waals surface area contributed by atoms with E-state index in [-0.39, 0.29) is 28.8 Å². The van der Waals surface area contributed by atoms with Gasteiger partial charge in [-0.1, -0.05) is 6.07 Å². The molecule has 0 bridgehead atoms. The van der Waals surface area contributed by atoms with Gasteiger partial charge in [0.25, 0.3) is 5.91 Å². The molecule has 1 saturated heterocycles. The van der Waals surface area contributed by atoms with Crippen LogP contribution < -0.4 is 10.6 Å². The van der Waals surface area contributed by atoms with Crippen LogP contribution in [0.4, 0.5) is 18.9 Å². The molecule has 1 aliphatic heterocycles. The summed E-state index contributed by atoms with van der Waals surface area (Å²) in [5, 5.41) is 9.26. The molecule has 4 rings (SSSR count). The van der Waals surface area contributed by atoms with Crippen molar-refractivity contribution in [1.82, 2.24) is 9.88 Å². The average molecular weight is 473 g/mol. The fraction of sp³-hybridized carbons (Fsp3) is 0.318. The summed E-state index contributed by atoms with van der Waals surface area (Å²) < 4.78 is 40.5. The van der Waals surface area contributed by atoms with Gasteiger partial charge in [-0.2, -0.15) is 18.4 Å². The van der Waals surface area contributed by atoms with E-state index in [1.807, 2.05) is 6.07 Å². The number of pyridine rings is 1. The summed E-state index contributed by atoms with van der Waals surface area (Å²) in [7, 11) is 0. The van der Waals surface area contributed by atoms with E-state index >= 15 is 0 Å². The van der Waals surface area contributed by atoms with Crippen molar-refractivity contribution in [3.05, 3.63) is 58.4 Å². The number of nitrogens with zero attached hydrogens (tertiary/aromatic N) is 4. The molecular formula is C22H18F3N5O2S. The molecule has 1 aliphatic carbocycles. The van der Waals surface area contributed by atoms with Crippen molar-refractivity contribution in [3.63, 3.8) is 0 Å². The van der Waals surface area contributed by atoms with Gasteiger partial charge in [-0.3, -0.25) is 14.5 Å². The molecule has 2 amide bonds. The van der Waals surface area contributed by atoms with E-state index in [0.717, 1.165) is 18.6 Å². The van der Waals surface area contributed by atoms with Crippen molar-refractivity contribution >= 4 is 34.8 Å². The number of carbonyl (C=O) groups is 2. The van der Waals surface area contributed by atoms with E-state index in [2.05, 4.69) is 4.98 Å². The first kappa shape index (κ1) is 22.7. The molecule has 0 unspecified atom stereocenters. The van der Waals surface area contributed by atoms with E-state index in [4.69, 9.17) is 23.2 Å². The Morgan fingerprint density at radius 3 is 2.55 bits per heavy atom. The molecule has 0 radical (unpaired) electrons. The van der Waals surface area contributed by atoms with Crippen LogP contribution in [0.1, 0.15) is 52.0 Å². The molecule has 0 atom stereocenters. The number of benzene rings is 1. The lowest BCUT2D eigenvalue weighted by atomic mass is 9.75. The van der Waals surface area contributed by atoms with Gasteiger partial charge in [-0.05, 0) is 67.7 Å². The Bertz CT molecular complexity index is 1230. The summed E-state index contributed by atoms with van der Waals surface area (Å²) in [6.45, 7) is 1.64. The first-order chi connectivity index (χ1) is 15.5. The van der Waals surface area contributed by atoms with Crippen LogP contribution in [-0.4, -0.2) is 32.3 Å². The van der Waals surface area contributed by atoms with Crippen LogP contribution >= 0.6 is 12.2 Å². The SMILES string of the molecule is Cc1cc(N2C(=O)C3(CCC3)N(Cc3ccc(C(N)=O)c(C(F)(F)F)c3)C2=S)cnc1C#N. The Morgan fingerprint density at radius 1 is 1.33 bits per heavy atom. The highest BCUT2D eigenvalue weighted by atomic mass is 32.1. The number of anilines is 1. The Labute approximate surface area is 192 Å². The molecule has 1 aromatic carbocycles. The minimum absolute atomic E-state index is 0.0497. The lowest BCUT2D eigenvalue weighted by molar-refractivity contribution is -0.138. The van der Waals surface area contributed by atoms with Crippen molar-refractivity contribution in [3.8, 4) is 6.07 Å². The van der Waals surface area contributed by atoms with Crippen molar-refractivity contribution < 1.29 is 22.8 Å². The molecule has 33 heavy (non-hydrogen) atoms. The van der Waals surface area contributed by atoms with Gasteiger partial charge in [0, 0.05) is 6.54 Å². The van der Waals surface area contributed by atoms with E-state index in [1.165, 1.54) is 17.2 Å². The molecule has 1 saturated carbocycles. The smallest absolute Gasteiger partial charge is 0.366 e. The number of amides is 2. The molecule has 170 valence electrons. The van der Waals surface area contributed by atoms with Gasteiger partial charge in [0.2, 0.25) is 5.91 Å². The number of rotatable bonds is 4. The van der Waals surface area contributed by atoms with Crippen LogP contribution in [0.15, 0.2) is 30.5 Å².